The van der Waals surface area contributed by atoms with Crippen LogP contribution in [0.5, 0.6) is 0 Å². The van der Waals surface area contributed by atoms with E-state index in [9.17, 15) is 0 Å². The fourth-order valence-corrected chi connectivity index (χ4v) is 1.60. The number of aromatic nitrogens is 1. The van der Waals surface area contributed by atoms with E-state index in [1.165, 1.54) is 5.56 Å². The molecule has 4 nitrogen and oxygen atoms in total. The van der Waals surface area contributed by atoms with Gasteiger partial charge in [0.2, 0.25) is 0 Å². The molecule has 1 aromatic heterocycles. The molecule has 1 rings (SSSR count). The van der Waals surface area contributed by atoms with E-state index in [0.29, 0.717) is 0 Å². The zero-order chi connectivity index (χ0) is 12.7. The second-order valence-corrected chi connectivity index (χ2v) is 4.32. The first-order valence-electron chi connectivity index (χ1n) is 6.13. The van der Waals surface area contributed by atoms with Gasteiger partial charge in [0.15, 0.2) is 0 Å². The monoisotopic (exact) mass is 237 g/mol. The first-order valence-corrected chi connectivity index (χ1v) is 6.13. The molecule has 4 heteroatoms. The second kappa shape index (κ2) is 7.25. The molecule has 1 atom stereocenters. The zero-order valence-corrected chi connectivity index (χ0v) is 11.0. The molecule has 1 unspecified atom stereocenters. The molecule has 1 aromatic rings. The Morgan fingerprint density at radius 1 is 1.47 bits per heavy atom. The SMILES string of the molecule is CCOCCN(C)c1ccc(CC(C)N)cn1. The van der Waals surface area contributed by atoms with E-state index in [4.69, 9.17) is 10.5 Å². The van der Waals surface area contributed by atoms with Crippen molar-refractivity contribution in [2.75, 3.05) is 31.7 Å². The molecule has 0 saturated heterocycles. The fraction of sp³-hybridized carbons (Fsp3) is 0.615. The van der Waals surface area contributed by atoms with Gasteiger partial charge in [-0.25, -0.2) is 4.98 Å². The summed E-state index contributed by atoms with van der Waals surface area (Å²) in [5.41, 5.74) is 6.93. The minimum Gasteiger partial charge on any atom is -0.380 e. The minimum absolute atomic E-state index is 0.179. The molecule has 0 aliphatic carbocycles. The van der Waals surface area contributed by atoms with E-state index >= 15 is 0 Å². The maximum atomic E-state index is 5.75. The average Bonchev–Trinajstić information content (AvgIpc) is 2.29. The molecule has 0 aliphatic rings. The first kappa shape index (κ1) is 13.9. The van der Waals surface area contributed by atoms with Crippen LogP contribution < -0.4 is 10.6 Å². The van der Waals surface area contributed by atoms with Crippen molar-refractivity contribution < 1.29 is 4.74 Å². The van der Waals surface area contributed by atoms with Crippen LogP contribution in [0.4, 0.5) is 5.82 Å². The van der Waals surface area contributed by atoms with E-state index in [1.54, 1.807) is 0 Å². The van der Waals surface area contributed by atoms with Crippen molar-refractivity contribution in [2.24, 2.45) is 5.73 Å². The number of ether oxygens (including phenoxy) is 1. The highest BCUT2D eigenvalue weighted by molar-refractivity contribution is 5.38. The van der Waals surface area contributed by atoms with Crippen LogP contribution in [0.3, 0.4) is 0 Å². The maximum absolute atomic E-state index is 5.75. The molecule has 0 saturated carbocycles. The predicted octanol–water partition coefficient (Wildman–Crippen LogP) is 1.44. The lowest BCUT2D eigenvalue weighted by atomic mass is 10.1. The van der Waals surface area contributed by atoms with E-state index in [1.807, 2.05) is 33.2 Å². The van der Waals surface area contributed by atoms with E-state index < -0.39 is 0 Å². The summed E-state index contributed by atoms with van der Waals surface area (Å²) >= 11 is 0. The highest BCUT2D eigenvalue weighted by Gasteiger charge is 2.03. The summed E-state index contributed by atoms with van der Waals surface area (Å²) in [4.78, 5) is 6.51. The van der Waals surface area contributed by atoms with Gasteiger partial charge in [-0.15, -0.1) is 0 Å². The van der Waals surface area contributed by atoms with Crippen LogP contribution in [0.1, 0.15) is 19.4 Å². The smallest absolute Gasteiger partial charge is 0.128 e. The van der Waals surface area contributed by atoms with Gasteiger partial charge < -0.3 is 15.4 Å². The topological polar surface area (TPSA) is 51.4 Å². The third-order valence-electron chi connectivity index (χ3n) is 2.53. The number of nitrogens with two attached hydrogens (primary N) is 1. The Morgan fingerprint density at radius 2 is 2.24 bits per heavy atom. The Bertz CT molecular complexity index is 311. The van der Waals surface area contributed by atoms with Crippen LogP contribution in [0.15, 0.2) is 18.3 Å². The number of likely N-dealkylation sites (N-methyl/N-ethyl adjacent to an activating group) is 1. The summed E-state index contributed by atoms with van der Waals surface area (Å²) in [6.45, 7) is 6.35. The van der Waals surface area contributed by atoms with Crippen molar-refractivity contribution >= 4 is 5.82 Å². The molecule has 96 valence electrons. The van der Waals surface area contributed by atoms with Crippen molar-refractivity contribution in [3.05, 3.63) is 23.9 Å². The fourth-order valence-electron chi connectivity index (χ4n) is 1.60. The number of hydrogen-bond donors (Lipinski definition) is 1. The van der Waals surface area contributed by atoms with Crippen LogP contribution in [0.25, 0.3) is 0 Å². The molecule has 0 bridgehead atoms. The number of hydrogen-bond acceptors (Lipinski definition) is 4. The molecule has 0 aromatic carbocycles. The first-order chi connectivity index (χ1) is 8.13. The summed E-state index contributed by atoms with van der Waals surface area (Å²) < 4.78 is 5.32. The Balaban J connectivity index is 2.48. The number of nitrogens with zero attached hydrogens (tertiary/aromatic N) is 2. The number of rotatable bonds is 7. The Kier molecular flexibility index (Phi) is 5.94. The molecule has 0 spiro atoms. The van der Waals surface area contributed by atoms with Gasteiger partial charge in [0, 0.05) is 32.4 Å². The zero-order valence-electron chi connectivity index (χ0n) is 11.0. The summed E-state index contributed by atoms with van der Waals surface area (Å²) in [5, 5.41) is 0. The average molecular weight is 237 g/mol. The lowest BCUT2D eigenvalue weighted by Crippen LogP contribution is -2.23. The van der Waals surface area contributed by atoms with Gasteiger partial charge >= 0.3 is 0 Å². The molecule has 2 N–H and O–H groups in total. The van der Waals surface area contributed by atoms with Crippen LogP contribution in [-0.2, 0) is 11.2 Å². The van der Waals surface area contributed by atoms with Crippen molar-refractivity contribution in [1.82, 2.24) is 4.98 Å². The van der Waals surface area contributed by atoms with E-state index in [2.05, 4.69) is 16.0 Å². The molecular weight excluding hydrogens is 214 g/mol. The minimum atomic E-state index is 0.179. The lowest BCUT2D eigenvalue weighted by Gasteiger charge is -2.18. The number of anilines is 1. The predicted molar refractivity (Wildman–Crippen MR) is 71.4 cm³/mol. The van der Waals surface area contributed by atoms with Gasteiger partial charge in [0.25, 0.3) is 0 Å². The lowest BCUT2D eigenvalue weighted by molar-refractivity contribution is 0.154. The van der Waals surface area contributed by atoms with Crippen molar-refractivity contribution in [3.8, 4) is 0 Å². The summed E-state index contributed by atoms with van der Waals surface area (Å²) in [6.07, 6.45) is 2.77. The Morgan fingerprint density at radius 3 is 2.76 bits per heavy atom. The normalized spacial score (nSPS) is 12.5. The summed E-state index contributed by atoms with van der Waals surface area (Å²) in [5.74, 6) is 0.970. The third kappa shape index (κ3) is 5.15. The summed E-state index contributed by atoms with van der Waals surface area (Å²) in [6, 6.07) is 4.30. The molecule has 0 amide bonds. The van der Waals surface area contributed by atoms with Gasteiger partial charge in [0.1, 0.15) is 5.82 Å². The van der Waals surface area contributed by atoms with Crippen LogP contribution >= 0.6 is 0 Å². The van der Waals surface area contributed by atoms with Crippen LogP contribution in [0, 0.1) is 0 Å². The van der Waals surface area contributed by atoms with Crippen molar-refractivity contribution in [3.63, 3.8) is 0 Å². The van der Waals surface area contributed by atoms with Crippen LogP contribution in [-0.4, -0.2) is 37.8 Å². The van der Waals surface area contributed by atoms with Gasteiger partial charge in [0.05, 0.1) is 6.61 Å². The highest BCUT2D eigenvalue weighted by Crippen LogP contribution is 2.10. The van der Waals surface area contributed by atoms with Gasteiger partial charge in [-0.1, -0.05) is 6.07 Å². The molecule has 0 fully saturated rings. The molecule has 1 heterocycles. The van der Waals surface area contributed by atoms with Crippen molar-refractivity contribution in [2.45, 2.75) is 26.3 Å². The van der Waals surface area contributed by atoms with Gasteiger partial charge in [-0.2, -0.15) is 0 Å². The molecule has 0 aliphatic heterocycles. The molecule has 17 heavy (non-hydrogen) atoms. The van der Waals surface area contributed by atoms with Gasteiger partial charge in [-0.05, 0) is 31.9 Å². The Labute approximate surface area is 104 Å². The number of pyridine rings is 1. The quantitative estimate of drug-likeness (QED) is 0.729. The van der Waals surface area contributed by atoms with Crippen LogP contribution in [0.2, 0.25) is 0 Å². The van der Waals surface area contributed by atoms with Crippen molar-refractivity contribution in [1.29, 1.82) is 0 Å². The largest absolute Gasteiger partial charge is 0.380 e. The highest BCUT2D eigenvalue weighted by atomic mass is 16.5. The van der Waals surface area contributed by atoms with E-state index in [0.717, 1.165) is 32.0 Å². The van der Waals surface area contributed by atoms with E-state index in [-0.39, 0.29) is 6.04 Å². The standard InChI is InChI=1S/C13H23N3O/c1-4-17-8-7-16(3)13-6-5-12(10-15-13)9-11(2)14/h5-6,10-11H,4,7-9,14H2,1-3H3. The maximum Gasteiger partial charge on any atom is 0.128 e. The molecular formula is C13H23N3O. The molecule has 0 radical (unpaired) electrons. The Hall–Kier alpha value is -1.13. The second-order valence-electron chi connectivity index (χ2n) is 4.32. The van der Waals surface area contributed by atoms with Gasteiger partial charge in [-0.3, -0.25) is 0 Å². The summed E-state index contributed by atoms with van der Waals surface area (Å²) in [7, 11) is 2.02. The third-order valence-corrected chi connectivity index (χ3v) is 2.53.